The molecule has 3 heteroatoms. The van der Waals surface area contributed by atoms with E-state index < -0.39 is 0 Å². The van der Waals surface area contributed by atoms with Crippen molar-refractivity contribution in [1.82, 2.24) is 10.0 Å². The minimum Gasteiger partial charge on any atom is -0.318 e. The largest absolute Gasteiger partial charge is 0.318 e. The second kappa shape index (κ2) is 3.33. The fourth-order valence-corrected chi connectivity index (χ4v) is 0.561. The normalized spacial score (nSPS) is 12.0. The summed E-state index contributed by atoms with van der Waals surface area (Å²) in [6.45, 7) is 5.09. The summed E-state index contributed by atoms with van der Waals surface area (Å²) in [7, 11) is 1.92. The van der Waals surface area contributed by atoms with E-state index in [2.05, 4.69) is 36.7 Å². The van der Waals surface area contributed by atoms with Gasteiger partial charge in [-0.05, 0) is 20.9 Å². The van der Waals surface area contributed by atoms with E-state index in [1.807, 2.05) is 7.05 Å². The predicted octanol–water partition coefficient (Wildman–Crippen LogP) is 0.419. The highest BCUT2D eigenvalue weighted by atomic mass is 32.1. The van der Waals surface area contributed by atoms with Crippen molar-refractivity contribution in [2.24, 2.45) is 0 Å². The Hall–Kier alpha value is 0.270. The van der Waals surface area contributed by atoms with Crippen LogP contribution in [0.5, 0.6) is 0 Å². The molecule has 0 atom stereocenters. The van der Waals surface area contributed by atoms with Gasteiger partial charge in [-0.3, -0.25) is 4.72 Å². The zero-order valence-corrected chi connectivity index (χ0v) is 6.55. The molecule has 0 amide bonds. The quantitative estimate of drug-likeness (QED) is 0.487. The monoisotopic (exact) mass is 134 g/mol. The molecule has 0 saturated heterocycles. The Balaban J connectivity index is 3.37. The van der Waals surface area contributed by atoms with Gasteiger partial charge in [0.15, 0.2) is 0 Å². The van der Waals surface area contributed by atoms with E-state index in [1.165, 1.54) is 0 Å². The summed E-state index contributed by atoms with van der Waals surface area (Å²) in [5.74, 6) is 0. The van der Waals surface area contributed by atoms with Gasteiger partial charge in [0.2, 0.25) is 0 Å². The number of hydrogen-bond acceptors (Lipinski definition) is 3. The zero-order chi connectivity index (χ0) is 6.62. The first kappa shape index (κ1) is 8.27. The van der Waals surface area contributed by atoms with Crippen molar-refractivity contribution in [3.05, 3.63) is 0 Å². The highest BCUT2D eigenvalue weighted by Crippen LogP contribution is 1.98. The van der Waals surface area contributed by atoms with Crippen LogP contribution in [0.25, 0.3) is 0 Å². The van der Waals surface area contributed by atoms with Gasteiger partial charge in [-0.2, -0.15) is 0 Å². The maximum Gasteiger partial charge on any atom is 0.0348 e. The molecular weight excluding hydrogens is 120 g/mol. The fraction of sp³-hybridized carbons (Fsp3) is 1.00. The van der Waals surface area contributed by atoms with Crippen molar-refractivity contribution >= 4 is 12.8 Å². The molecular formula is C5H14N2S. The molecule has 0 aromatic rings. The van der Waals surface area contributed by atoms with E-state index in [1.54, 1.807) is 0 Å². The average molecular weight is 134 g/mol. The summed E-state index contributed by atoms with van der Waals surface area (Å²) in [4.78, 5) is 0. The lowest BCUT2D eigenvalue weighted by molar-refractivity contribution is 0.459. The Labute approximate surface area is 56.6 Å². The Kier molecular flexibility index (Phi) is 3.44. The highest BCUT2D eigenvalue weighted by molar-refractivity contribution is 7.78. The summed E-state index contributed by atoms with van der Waals surface area (Å²) in [5.41, 5.74) is 0.0951. The maximum atomic E-state index is 3.95. The van der Waals surface area contributed by atoms with Crippen LogP contribution in [-0.2, 0) is 0 Å². The first-order chi connectivity index (χ1) is 3.62. The highest BCUT2D eigenvalue weighted by Gasteiger charge is 2.12. The van der Waals surface area contributed by atoms with Crippen LogP contribution in [-0.4, -0.2) is 19.1 Å². The van der Waals surface area contributed by atoms with Gasteiger partial charge >= 0.3 is 0 Å². The molecule has 0 heterocycles. The molecule has 0 rings (SSSR count). The number of nitrogens with one attached hydrogen (secondary N) is 2. The second-order valence-electron chi connectivity index (χ2n) is 2.53. The van der Waals surface area contributed by atoms with Crippen LogP contribution in [0.2, 0.25) is 0 Å². The molecule has 0 bridgehead atoms. The predicted molar refractivity (Wildman–Crippen MR) is 40.1 cm³/mol. The van der Waals surface area contributed by atoms with Crippen molar-refractivity contribution in [2.45, 2.75) is 19.4 Å². The molecule has 0 aliphatic carbocycles. The SMILES string of the molecule is CNCC(C)(C)NS. The minimum atomic E-state index is 0.0951. The summed E-state index contributed by atoms with van der Waals surface area (Å²) in [6.07, 6.45) is 0. The zero-order valence-electron chi connectivity index (χ0n) is 5.65. The van der Waals surface area contributed by atoms with Gasteiger partial charge in [0.05, 0.1) is 0 Å². The van der Waals surface area contributed by atoms with Gasteiger partial charge in [-0.15, -0.1) is 0 Å². The first-order valence-corrected chi connectivity index (χ1v) is 3.13. The van der Waals surface area contributed by atoms with Crippen LogP contribution in [0.1, 0.15) is 13.8 Å². The molecule has 0 saturated carbocycles. The Morgan fingerprint density at radius 2 is 2.00 bits per heavy atom. The van der Waals surface area contributed by atoms with Crippen LogP contribution in [0.15, 0.2) is 0 Å². The number of rotatable bonds is 3. The molecule has 0 spiro atoms. The third kappa shape index (κ3) is 3.29. The Morgan fingerprint density at radius 1 is 1.50 bits per heavy atom. The van der Waals surface area contributed by atoms with Crippen LogP contribution >= 0.6 is 12.8 Å². The summed E-state index contributed by atoms with van der Waals surface area (Å²) in [6, 6.07) is 0. The summed E-state index contributed by atoms with van der Waals surface area (Å²) in [5, 5.41) is 3.05. The fourth-order valence-electron chi connectivity index (χ4n) is 0.481. The van der Waals surface area contributed by atoms with Crippen LogP contribution < -0.4 is 10.0 Å². The van der Waals surface area contributed by atoms with E-state index >= 15 is 0 Å². The molecule has 50 valence electrons. The van der Waals surface area contributed by atoms with Crippen molar-refractivity contribution in [3.63, 3.8) is 0 Å². The van der Waals surface area contributed by atoms with E-state index in [0.29, 0.717) is 0 Å². The van der Waals surface area contributed by atoms with Gasteiger partial charge in [0, 0.05) is 12.1 Å². The molecule has 0 aromatic carbocycles. The van der Waals surface area contributed by atoms with Crippen molar-refractivity contribution in [3.8, 4) is 0 Å². The molecule has 0 aromatic heterocycles. The topological polar surface area (TPSA) is 24.1 Å². The second-order valence-corrected chi connectivity index (χ2v) is 2.75. The van der Waals surface area contributed by atoms with E-state index in [4.69, 9.17) is 0 Å². The molecule has 2 N–H and O–H groups in total. The lowest BCUT2D eigenvalue weighted by Gasteiger charge is -2.21. The molecule has 0 aliphatic rings. The number of likely N-dealkylation sites (N-methyl/N-ethyl adjacent to an activating group) is 1. The molecule has 0 radical (unpaired) electrons. The number of thiol groups is 1. The third-order valence-electron chi connectivity index (χ3n) is 0.921. The minimum absolute atomic E-state index is 0.0951. The first-order valence-electron chi connectivity index (χ1n) is 2.68. The lowest BCUT2D eigenvalue weighted by atomic mass is 10.1. The van der Waals surface area contributed by atoms with Crippen molar-refractivity contribution in [2.75, 3.05) is 13.6 Å². The van der Waals surface area contributed by atoms with Gasteiger partial charge < -0.3 is 5.32 Å². The molecule has 2 nitrogen and oxygen atoms in total. The molecule has 0 unspecified atom stereocenters. The van der Waals surface area contributed by atoms with Gasteiger partial charge in [-0.25, -0.2) is 0 Å². The maximum absolute atomic E-state index is 3.95. The van der Waals surface area contributed by atoms with E-state index in [0.717, 1.165) is 6.54 Å². The van der Waals surface area contributed by atoms with Crippen LogP contribution in [0.4, 0.5) is 0 Å². The average Bonchev–Trinajstić information content (AvgIpc) is 1.67. The lowest BCUT2D eigenvalue weighted by Crippen LogP contribution is -2.42. The standard InChI is InChI=1S/C5H14N2S/c1-5(2,7-8)4-6-3/h6-8H,4H2,1-3H3. The van der Waals surface area contributed by atoms with Gasteiger partial charge in [0.1, 0.15) is 0 Å². The molecule has 8 heavy (non-hydrogen) atoms. The molecule has 0 fully saturated rings. The summed E-state index contributed by atoms with van der Waals surface area (Å²) < 4.78 is 2.87. The van der Waals surface area contributed by atoms with Gasteiger partial charge in [-0.1, -0.05) is 12.8 Å². The Morgan fingerprint density at radius 3 is 2.12 bits per heavy atom. The van der Waals surface area contributed by atoms with Gasteiger partial charge in [0.25, 0.3) is 0 Å². The number of hydrogen-bond donors (Lipinski definition) is 3. The van der Waals surface area contributed by atoms with E-state index in [-0.39, 0.29) is 5.54 Å². The van der Waals surface area contributed by atoms with Crippen LogP contribution in [0.3, 0.4) is 0 Å². The smallest absolute Gasteiger partial charge is 0.0348 e. The Bertz CT molecular complexity index is 63.4. The summed E-state index contributed by atoms with van der Waals surface area (Å²) >= 11 is 3.95. The van der Waals surface area contributed by atoms with E-state index in [9.17, 15) is 0 Å². The van der Waals surface area contributed by atoms with Crippen molar-refractivity contribution < 1.29 is 0 Å². The molecule has 0 aliphatic heterocycles. The van der Waals surface area contributed by atoms with Crippen molar-refractivity contribution in [1.29, 1.82) is 0 Å². The third-order valence-corrected chi connectivity index (χ3v) is 1.53. The van der Waals surface area contributed by atoms with Crippen LogP contribution in [0, 0.1) is 0 Å².